The van der Waals surface area contributed by atoms with E-state index in [1.807, 2.05) is 0 Å². The Morgan fingerprint density at radius 2 is 1.72 bits per heavy atom. The van der Waals surface area contributed by atoms with E-state index in [0.29, 0.717) is 42.9 Å². The molecule has 2 aromatic carbocycles. The summed E-state index contributed by atoms with van der Waals surface area (Å²) in [7, 11) is 0. The summed E-state index contributed by atoms with van der Waals surface area (Å²) in [5.74, 6) is -3.40. The second-order valence-electron chi connectivity index (χ2n) is 8.85. The van der Waals surface area contributed by atoms with E-state index >= 15 is 0 Å². The monoisotopic (exact) mass is 521 g/mol. The molecule has 0 aliphatic heterocycles. The van der Waals surface area contributed by atoms with Crippen molar-refractivity contribution in [1.29, 1.82) is 0 Å². The highest BCUT2D eigenvalue weighted by atomic mass is 35.5. The molecule has 0 bridgehead atoms. The molecule has 0 aromatic heterocycles. The van der Waals surface area contributed by atoms with Crippen LogP contribution in [0.15, 0.2) is 30.3 Å². The van der Waals surface area contributed by atoms with Crippen molar-refractivity contribution in [3.63, 3.8) is 0 Å². The van der Waals surface area contributed by atoms with Crippen LogP contribution in [0.4, 0.5) is 8.78 Å². The van der Waals surface area contributed by atoms with E-state index in [-0.39, 0.29) is 49.0 Å². The fraction of sp³-hybridized carbons (Fsp3) is 0.444. The van der Waals surface area contributed by atoms with E-state index in [9.17, 15) is 23.2 Å². The van der Waals surface area contributed by atoms with Crippen molar-refractivity contribution in [2.24, 2.45) is 5.92 Å². The molecule has 0 radical (unpaired) electrons. The van der Waals surface area contributed by atoms with Gasteiger partial charge in [0.1, 0.15) is 17.4 Å². The molecular weight excluding hydrogens is 492 g/mol. The summed E-state index contributed by atoms with van der Waals surface area (Å²) in [5.41, 5.74) is 0.584. The lowest BCUT2D eigenvalue weighted by atomic mass is 9.87. The minimum Gasteiger partial charge on any atom is -0.490 e. The van der Waals surface area contributed by atoms with Gasteiger partial charge in [0.25, 0.3) is 5.91 Å². The number of halogens is 3. The number of amides is 1. The van der Waals surface area contributed by atoms with Gasteiger partial charge in [0.15, 0.2) is 5.78 Å². The number of nitrogens with one attached hydrogen (secondary N) is 1. The summed E-state index contributed by atoms with van der Waals surface area (Å²) in [6, 6.07) is 6.90. The second kappa shape index (κ2) is 12.8. The van der Waals surface area contributed by atoms with Gasteiger partial charge in [0.05, 0.1) is 24.2 Å². The minimum atomic E-state index is -0.990. The lowest BCUT2D eigenvalue weighted by molar-refractivity contribution is -0.149. The predicted molar refractivity (Wildman–Crippen MR) is 131 cm³/mol. The maximum absolute atomic E-state index is 14.6. The van der Waals surface area contributed by atoms with E-state index in [1.165, 1.54) is 0 Å². The third kappa shape index (κ3) is 7.26. The first-order valence-electron chi connectivity index (χ1n) is 12.1. The minimum absolute atomic E-state index is 0.00616. The number of hydrogen-bond acceptors (Lipinski definition) is 5. The van der Waals surface area contributed by atoms with Crippen LogP contribution < -0.4 is 10.1 Å². The summed E-state index contributed by atoms with van der Waals surface area (Å²) in [4.78, 5) is 36.5. The van der Waals surface area contributed by atoms with E-state index in [4.69, 9.17) is 21.1 Å². The predicted octanol–water partition coefficient (Wildman–Crippen LogP) is 5.82. The molecule has 0 saturated heterocycles. The zero-order valence-corrected chi connectivity index (χ0v) is 21.1. The third-order valence-corrected chi connectivity index (χ3v) is 6.60. The molecule has 2 aromatic rings. The zero-order valence-electron chi connectivity index (χ0n) is 20.4. The van der Waals surface area contributed by atoms with Crippen molar-refractivity contribution in [1.82, 2.24) is 5.32 Å². The molecule has 1 aliphatic carbocycles. The van der Waals surface area contributed by atoms with Crippen LogP contribution in [0, 0.1) is 24.5 Å². The van der Waals surface area contributed by atoms with Crippen LogP contribution in [-0.2, 0) is 9.53 Å². The van der Waals surface area contributed by atoms with Gasteiger partial charge in [0, 0.05) is 35.7 Å². The average molecular weight is 522 g/mol. The topological polar surface area (TPSA) is 81.7 Å². The first kappa shape index (κ1) is 27.6. The molecule has 0 unspecified atom stereocenters. The van der Waals surface area contributed by atoms with Gasteiger partial charge in [-0.15, -0.1) is 0 Å². The number of ether oxygens (including phenoxy) is 2. The summed E-state index contributed by atoms with van der Waals surface area (Å²) in [5, 5.41) is 3.24. The molecule has 1 N–H and O–H groups in total. The Kier molecular flexibility index (Phi) is 9.81. The van der Waals surface area contributed by atoms with Crippen LogP contribution in [0.25, 0.3) is 0 Å². The van der Waals surface area contributed by atoms with E-state index in [0.717, 1.165) is 17.7 Å². The molecule has 9 heteroatoms. The number of rotatable bonds is 10. The van der Waals surface area contributed by atoms with Crippen molar-refractivity contribution < 1.29 is 32.6 Å². The van der Waals surface area contributed by atoms with Crippen LogP contribution in [0.1, 0.15) is 71.7 Å². The first-order chi connectivity index (χ1) is 17.2. The summed E-state index contributed by atoms with van der Waals surface area (Å²) < 4.78 is 40.0. The number of hydrogen-bond donors (Lipinski definition) is 1. The van der Waals surface area contributed by atoms with Crippen molar-refractivity contribution in [2.45, 2.75) is 58.5 Å². The molecule has 194 valence electrons. The Morgan fingerprint density at radius 1 is 1.06 bits per heavy atom. The molecule has 0 atom stereocenters. The summed E-state index contributed by atoms with van der Waals surface area (Å²) >= 11 is 5.96. The number of carbonyl (C=O) groups is 3. The maximum Gasteiger partial charge on any atom is 0.308 e. The molecule has 6 nitrogen and oxygen atoms in total. The van der Waals surface area contributed by atoms with Crippen LogP contribution in [0.5, 0.6) is 5.75 Å². The van der Waals surface area contributed by atoms with E-state index < -0.39 is 23.0 Å². The lowest BCUT2D eigenvalue weighted by Gasteiger charge is -2.27. The van der Waals surface area contributed by atoms with Crippen LogP contribution >= 0.6 is 11.6 Å². The highest BCUT2D eigenvalue weighted by molar-refractivity contribution is 6.31. The van der Waals surface area contributed by atoms with Gasteiger partial charge >= 0.3 is 5.97 Å². The first-order valence-corrected chi connectivity index (χ1v) is 12.5. The highest BCUT2D eigenvalue weighted by Crippen LogP contribution is 2.30. The molecule has 1 amide bonds. The number of carbonyl (C=O) groups excluding carboxylic acids is 3. The van der Waals surface area contributed by atoms with Gasteiger partial charge in [-0.1, -0.05) is 11.6 Å². The Morgan fingerprint density at radius 3 is 2.33 bits per heavy atom. The molecule has 3 rings (SSSR count). The largest absolute Gasteiger partial charge is 0.490 e. The quantitative estimate of drug-likeness (QED) is 0.242. The van der Waals surface area contributed by atoms with Crippen molar-refractivity contribution >= 4 is 29.3 Å². The Balaban J connectivity index is 1.48. The van der Waals surface area contributed by atoms with Crippen molar-refractivity contribution in [3.05, 3.63) is 63.7 Å². The number of esters is 1. The van der Waals surface area contributed by atoms with Crippen molar-refractivity contribution in [3.8, 4) is 5.75 Å². The fourth-order valence-electron chi connectivity index (χ4n) is 4.22. The number of ketones is 1. The Bertz CT molecular complexity index is 1090. The van der Waals surface area contributed by atoms with Crippen LogP contribution in [0.2, 0.25) is 5.02 Å². The maximum atomic E-state index is 14.6. The normalized spacial score (nSPS) is 17.4. The molecule has 1 saturated carbocycles. The summed E-state index contributed by atoms with van der Waals surface area (Å²) in [6.07, 6.45) is 2.11. The van der Waals surface area contributed by atoms with E-state index in [2.05, 4.69) is 5.32 Å². The lowest BCUT2D eigenvalue weighted by Crippen LogP contribution is -2.29. The highest BCUT2D eigenvalue weighted by Gasteiger charge is 2.29. The van der Waals surface area contributed by atoms with E-state index in [1.54, 1.807) is 32.0 Å². The Labute approximate surface area is 214 Å². The number of benzene rings is 2. The molecule has 1 fully saturated rings. The molecule has 0 spiro atoms. The average Bonchev–Trinajstić information content (AvgIpc) is 2.83. The molecule has 36 heavy (non-hydrogen) atoms. The van der Waals surface area contributed by atoms with Crippen molar-refractivity contribution in [2.75, 3.05) is 13.2 Å². The van der Waals surface area contributed by atoms with Gasteiger partial charge in [-0.3, -0.25) is 14.4 Å². The summed E-state index contributed by atoms with van der Waals surface area (Å²) in [6.45, 7) is 4.04. The third-order valence-electron chi connectivity index (χ3n) is 6.18. The fourth-order valence-corrected chi connectivity index (χ4v) is 4.33. The van der Waals surface area contributed by atoms with Crippen LogP contribution in [-0.4, -0.2) is 36.9 Å². The van der Waals surface area contributed by atoms with Gasteiger partial charge in [-0.05, 0) is 69.7 Å². The van der Waals surface area contributed by atoms with Gasteiger partial charge < -0.3 is 14.8 Å². The number of aryl methyl sites for hydroxylation is 1. The Hall–Kier alpha value is -3.00. The van der Waals surface area contributed by atoms with Gasteiger partial charge in [-0.2, -0.15) is 0 Å². The second-order valence-corrected chi connectivity index (χ2v) is 9.26. The van der Waals surface area contributed by atoms with Crippen LogP contribution in [0.3, 0.4) is 0 Å². The van der Waals surface area contributed by atoms with Gasteiger partial charge in [-0.25, -0.2) is 8.78 Å². The smallest absolute Gasteiger partial charge is 0.308 e. The zero-order chi connectivity index (χ0) is 26.2. The van der Waals surface area contributed by atoms with Gasteiger partial charge in [0.2, 0.25) is 0 Å². The molecule has 0 heterocycles. The molecule has 1 aliphatic rings. The molecular formula is C27H30ClF2NO5. The standard InChI is InChI=1S/C27H30ClF2NO5/c1-3-35-27(34)17-6-9-19(10-7-17)36-20-14-22(29)25(23(30)15-20)24(32)5-4-12-31-26(33)18-8-11-21(28)16(2)13-18/h8,11,13-15,17,19H,3-7,9-10,12H2,1-2H3,(H,31,33). The SMILES string of the molecule is CCOC(=O)C1CCC(Oc2cc(F)c(C(=O)CCCNC(=O)c3ccc(Cl)c(C)c3)c(F)c2)CC1. The number of Topliss-reactive ketones (excluding diaryl/α,β-unsaturated/α-hetero) is 1.